The molecule has 1 aliphatic carbocycles. The van der Waals surface area contributed by atoms with E-state index in [0.29, 0.717) is 0 Å². The molecule has 7 heteroatoms. The second-order valence-corrected chi connectivity index (χ2v) is 12.2. The molecule has 2 saturated heterocycles. The zero-order valence-corrected chi connectivity index (χ0v) is 21.6. The predicted octanol–water partition coefficient (Wildman–Crippen LogP) is 3.69. The van der Waals surface area contributed by atoms with Gasteiger partial charge in [0, 0.05) is 17.6 Å². The van der Waals surface area contributed by atoms with Gasteiger partial charge in [-0.25, -0.2) is 0 Å². The number of methoxy groups -OCH3 is 2. The van der Waals surface area contributed by atoms with E-state index in [4.69, 9.17) is 9.47 Å². The van der Waals surface area contributed by atoms with Gasteiger partial charge in [-0.2, -0.15) is 0 Å². The number of carbonyl (C=O) groups is 3. The summed E-state index contributed by atoms with van der Waals surface area (Å²) in [6.07, 6.45) is 7.86. The van der Waals surface area contributed by atoms with Crippen LogP contribution in [0.5, 0.6) is 0 Å². The van der Waals surface area contributed by atoms with Crippen molar-refractivity contribution in [3.63, 3.8) is 0 Å². The van der Waals surface area contributed by atoms with Crippen molar-refractivity contribution < 1.29 is 23.9 Å². The third-order valence-electron chi connectivity index (χ3n) is 7.81. The highest BCUT2D eigenvalue weighted by molar-refractivity contribution is 5.87. The van der Waals surface area contributed by atoms with E-state index in [-0.39, 0.29) is 52.8 Å². The first-order chi connectivity index (χ1) is 15.4. The smallest absolute Gasteiger partial charge is 0.311 e. The molecule has 3 rings (SSSR count). The molecule has 1 saturated carbocycles. The van der Waals surface area contributed by atoms with Crippen LogP contribution in [0.15, 0.2) is 0 Å². The minimum Gasteiger partial charge on any atom is -0.469 e. The summed E-state index contributed by atoms with van der Waals surface area (Å²) in [5, 5.41) is 3.36. The molecule has 2 bridgehead atoms. The summed E-state index contributed by atoms with van der Waals surface area (Å²) in [5.41, 5.74) is -0.278. The number of nitrogens with one attached hydrogen (secondary N) is 1. The lowest BCUT2D eigenvalue weighted by Crippen LogP contribution is -2.58. The Kier molecular flexibility index (Phi) is 7.82. The number of esters is 2. The Bertz CT molecular complexity index is 707. The van der Waals surface area contributed by atoms with E-state index in [0.717, 1.165) is 44.9 Å². The van der Waals surface area contributed by atoms with E-state index in [2.05, 4.69) is 44.8 Å². The molecule has 33 heavy (non-hydrogen) atoms. The molecule has 2 aliphatic heterocycles. The Morgan fingerprint density at radius 1 is 0.848 bits per heavy atom. The van der Waals surface area contributed by atoms with Crippen molar-refractivity contribution in [1.29, 1.82) is 0 Å². The molecular weight excluding hydrogens is 420 g/mol. The van der Waals surface area contributed by atoms with Crippen LogP contribution in [0.3, 0.4) is 0 Å². The second kappa shape index (κ2) is 9.93. The monoisotopic (exact) mass is 464 g/mol. The van der Waals surface area contributed by atoms with Gasteiger partial charge in [-0.15, -0.1) is 0 Å². The first-order valence-corrected chi connectivity index (χ1v) is 12.7. The van der Waals surface area contributed by atoms with Gasteiger partial charge in [0.1, 0.15) is 0 Å². The fourth-order valence-electron chi connectivity index (χ4n) is 7.21. The fraction of sp³-hybridized carbons (Fsp3) is 0.885. The Labute approximate surface area is 199 Å². The van der Waals surface area contributed by atoms with Crippen LogP contribution in [-0.4, -0.2) is 60.6 Å². The van der Waals surface area contributed by atoms with Gasteiger partial charge in [-0.1, -0.05) is 40.0 Å². The summed E-state index contributed by atoms with van der Waals surface area (Å²) in [6, 6.07) is -0.686. The SMILES string of the molecule is COC(=O)[C@H]1[C@H](C(=O)OC)[C@@H]2CC[C@H]1N2C(C(=O)NC(C)(C)CC(C)(C)C)C1CCCCC1. The number of nitrogens with zero attached hydrogens (tertiary/aromatic N) is 1. The molecule has 3 fully saturated rings. The number of hydrogen-bond acceptors (Lipinski definition) is 6. The van der Waals surface area contributed by atoms with E-state index in [9.17, 15) is 14.4 Å². The van der Waals surface area contributed by atoms with Crippen LogP contribution in [0.25, 0.3) is 0 Å². The van der Waals surface area contributed by atoms with Crippen LogP contribution in [0.2, 0.25) is 0 Å². The molecule has 1 amide bonds. The van der Waals surface area contributed by atoms with Gasteiger partial charge in [-0.3, -0.25) is 19.3 Å². The molecule has 188 valence electrons. The molecular formula is C26H44N2O5. The molecule has 0 aromatic rings. The van der Waals surface area contributed by atoms with Crippen molar-refractivity contribution in [2.45, 2.75) is 110 Å². The maximum absolute atomic E-state index is 14.0. The van der Waals surface area contributed by atoms with Crippen molar-refractivity contribution in [2.75, 3.05) is 14.2 Å². The summed E-state index contributed by atoms with van der Waals surface area (Å²) in [6.45, 7) is 10.7. The molecule has 2 heterocycles. The molecule has 0 radical (unpaired) electrons. The lowest BCUT2D eigenvalue weighted by molar-refractivity contribution is -0.157. The van der Waals surface area contributed by atoms with Crippen molar-refractivity contribution in [3.8, 4) is 0 Å². The summed E-state index contributed by atoms with van der Waals surface area (Å²) in [5.74, 6) is -1.66. The lowest BCUT2D eigenvalue weighted by atomic mass is 9.79. The summed E-state index contributed by atoms with van der Waals surface area (Å²) >= 11 is 0. The van der Waals surface area contributed by atoms with Gasteiger partial charge in [0.15, 0.2) is 0 Å². The number of rotatable bonds is 7. The fourth-order valence-corrected chi connectivity index (χ4v) is 7.21. The highest BCUT2D eigenvalue weighted by atomic mass is 16.5. The van der Waals surface area contributed by atoms with Crippen molar-refractivity contribution in [2.24, 2.45) is 23.2 Å². The molecule has 0 aromatic carbocycles. The standard InChI is InChI=1S/C26H44N2O5/c1-25(2,3)15-26(4,5)27-22(29)21(16-11-9-8-10-12-16)28-17-13-14-18(28)20(24(31)33-7)19(17)23(30)32-6/h16-21H,8-15H2,1-7H3,(H,27,29)/t17-,18+,19-,20-,21?/m1/s1. The largest absolute Gasteiger partial charge is 0.469 e. The molecule has 3 aliphatic rings. The van der Waals surface area contributed by atoms with Crippen molar-refractivity contribution in [3.05, 3.63) is 0 Å². The topological polar surface area (TPSA) is 84.9 Å². The average Bonchev–Trinajstić information content (AvgIpc) is 3.27. The Morgan fingerprint density at radius 3 is 1.76 bits per heavy atom. The number of ether oxygens (including phenoxy) is 2. The molecule has 1 N–H and O–H groups in total. The maximum atomic E-state index is 14.0. The number of amides is 1. The van der Waals surface area contributed by atoms with E-state index < -0.39 is 11.8 Å². The van der Waals surface area contributed by atoms with E-state index in [1.165, 1.54) is 20.6 Å². The van der Waals surface area contributed by atoms with Gasteiger partial charge in [-0.05, 0) is 57.3 Å². The number of hydrogen-bond donors (Lipinski definition) is 1. The van der Waals surface area contributed by atoms with Gasteiger partial charge >= 0.3 is 11.9 Å². The van der Waals surface area contributed by atoms with Crippen LogP contribution in [-0.2, 0) is 23.9 Å². The van der Waals surface area contributed by atoms with Gasteiger partial charge in [0.05, 0.1) is 32.1 Å². The number of carbonyl (C=O) groups excluding carboxylic acids is 3. The first-order valence-electron chi connectivity index (χ1n) is 12.7. The molecule has 5 atom stereocenters. The summed E-state index contributed by atoms with van der Waals surface area (Å²) < 4.78 is 10.2. The van der Waals surface area contributed by atoms with Gasteiger partial charge in [0.25, 0.3) is 0 Å². The summed E-state index contributed by atoms with van der Waals surface area (Å²) in [7, 11) is 2.74. The third-order valence-corrected chi connectivity index (χ3v) is 7.81. The van der Waals surface area contributed by atoms with Crippen LogP contribution >= 0.6 is 0 Å². The van der Waals surface area contributed by atoms with Crippen LogP contribution in [0, 0.1) is 23.2 Å². The minimum atomic E-state index is -0.581. The Hall–Kier alpha value is -1.63. The van der Waals surface area contributed by atoms with E-state index >= 15 is 0 Å². The average molecular weight is 465 g/mol. The van der Waals surface area contributed by atoms with Gasteiger partial charge < -0.3 is 14.8 Å². The van der Waals surface area contributed by atoms with E-state index in [1.54, 1.807) is 0 Å². The molecule has 7 nitrogen and oxygen atoms in total. The normalized spacial score (nSPS) is 29.5. The van der Waals surface area contributed by atoms with E-state index in [1.807, 2.05) is 0 Å². The number of fused-ring (bicyclic) bond motifs is 2. The third kappa shape index (κ3) is 5.55. The minimum absolute atomic E-state index is 0.0298. The van der Waals surface area contributed by atoms with Crippen LogP contribution in [0.4, 0.5) is 0 Å². The highest BCUT2D eigenvalue weighted by Crippen LogP contribution is 2.50. The maximum Gasteiger partial charge on any atom is 0.311 e. The molecule has 0 aromatic heterocycles. The molecule has 0 spiro atoms. The lowest BCUT2D eigenvalue weighted by Gasteiger charge is -2.41. The van der Waals surface area contributed by atoms with Crippen molar-refractivity contribution in [1.82, 2.24) is 10.2 Å². The summed E-state index contributed by atoms with van der Waals surface area (Å²) in [4.78, 5) is 41.7. The second-order valence-electron chi connectivity index (χ2n) is 12.2. The van der Waals surface area contributed by atoms with Crippen LogP contribution < -0.4 is 5.32 Å². The Balaban J connectivity index is 1.94. The zero-order valence-electron chi connectivity index (χ0n) is 21.6. The van der Waals surface area contributed by atoms with Gasteiger partial charge in [0.2, 0.25) is 5.91 Å². The van der Waals surface area contributed by atoms with Crippen molar-refractivity contribution >= 4 is 17.8 Å². The predicted molar refractivity (Wildman–Crippen MR) is 126 cm³/mol. The Morgan fingerprint density at radius 2 is 1.33 bits per heavy atom. The highest BCUT2D eigenvalue weighted by Gasteiger charge is 2.62. The zero-order chi connectivity index (χ0) is 24.6. The van der Waals surface area contributed by atoms with Crippen LogP contribution in [0.1, 0.15) is 86.0 Å². The quantitative estimate of drug-likeness (QED) is 0.579. The molecule has 1 unspecified atom stereocenters. The first kappa shape index (κ1) is 26.0.